The van der Waals surface area contributed by atoms with Crippen LogP contribution in [0.5, 0.6) is 0 Å². The third kappa shape index (κ3) is 1.57. The van der Waals surface area contributed by atoms with E-state index in [1.807, 2.05) is 0 Å². The summed E-state index contributed by atoms with van der Waals surface area (Å²) in [5.74, 6) is -0.961. The van der Waals surface area contributed by atoms with Gasteiger partial charge in [-0.3, -0.25) is 0 Å². The molecule has 1 saturated heterocycles. The van der Waals surface area contributed by atoms with Gasteiger partial charge in [-0.2, -0.15) is 0 Å². The largest absolute Gasteiger partial charge is 0.352 e. The molecule has 14 heavy (non-hydrogen) atoms. The second kappa shape index (κ2) is 3.96. The topological polar surface area (TPSA) is 46.2 Å². The van der Waals surface area contributed by atoms with E-state index in [0.29, 0.717) is 13.2 Å². The van der Waals surface area contributed by atoms with Crippen LogP contribution in [0.2, 0.25) is 0 Å². The van der Waals surface area contributed by atoms with Crippen molar-refractivity contribution in [3.63, 3.8) is 0 Å². The molecule has 2 aliphatic rings. The Kier molecular flexibility index (Phi) is 2.85. The molecule has 0 N–H and O–H groups in total. The second-order valence-electron chi connectivity index (χ2n) is 3.08. The van der Waals surface area contributed by atoms with Crippen LogP contribution in [0.4, 0.5) is 0 Å². The fourth-order valence-electron chi connectivity index (χ4n) is 1.54. The quantitative estimate of drug-likeness (QED) is 0.614. The fourth-order valence-corrected chi connectivity index (χ4v) is 1.54. The molecule has 0 aromatic rings. The summed E-state index contributed by atoms with van der Waals surface area (Å²) in [6.07, 6.45) is 2.62. The second-order valence-corrected chi connectivity index (χ2v) is 3.08. The first-order valence-electron chi connectivity index (χ1n) is 4.49. The van der Waals surface area contributed by atoms with Crippen molar-refractivity contribution in [2.45, 2.75) is 18.4 Å². The molecule has 0 bridgehead atoms. The molecule has 0 aliphatic carbocycles. The number of rotatable bonds is 3. The van der Waals surface area contributed by atoms with Crippen molar-refractivity contribution in [2.24, 2.45) is 0 Å². The summed E-state index contributed by atoms with van der Waals surface area (Å²) in [4.78, 5) is 0. The minimum Gasteiger partial charge on any atom is -0.352 e. The Balaban J connectivity index is 2.07. The smallest absolute Gasteiger partial charge is 0.243 e. The molecule has 2 atom stereocenters. The van der Waals surface area contributed by atoms with Gasteiger partial charge < -0.3 is 23.7 Å². The van der Waals surface area contributed by atoms with Gasteiger partial charge in [-0.05, 0) is 12.2 Å². The molecular weight excluding hydrogens is 188 g/mol. The van der Waals surface area contributed by atoms with Gasteiger partial charge >= 0.3 is 0 Å². The Bertz CT molecular complexity index is 223. The van der Waals surface area contributed by atoms with Crippen LogP contribution in [0.3, 0.4) is 0 Å². The van der Waals surface area contributed by atoms with E-state index in [1.54, 1.807) is 26.4 Å². The average Bonchev–Trinajstić information content (AvgIpc) is 2.87. The lowest BCUT2D eigenvalue weighted by Crippen LogP contribution is -2.45. The lowest BCUT2D eigenvalue weighted by molar-refractivity contribution is -0.318. The van der Waals surface area contributed by atoms with Gasteiger partial charge in [-0.15, -0.1) is 0 Å². The maximum atomic E-state index is 5.53. The zero-order valence-corrected chi connectivity index (χ0v) is 8.26. The van der Waals surface area contributed by atoms with Crippen molar-refractivity contribution in [1.82, 2.24) is 0 Å². The Morgan fingerprint density at radius 2 is 2.00 bits per heavy atom. The standard InChI is InChI=1S/C9H14O5/c1-10-7-3-4-9(11-2,14-7)8-12-5-6-13-8/h3-4,7-8H,5-6H2,1-2H3. The van der Waals surface area contributed by atoms with E-state index in [1.165, 1.54) is 0 Å². The fraction of sp³-hybridized carbons (Fsp3) is 0.778. The van der Waals surface area contributed by atoms with Crippen molar-refractivity contribution in [3.8, 4) is 0 Å². The third-order valence-corrected chi connectivity index (χ3v) is 2.29. The lowest BCUT2D eigenvalue weighted by atomic mass is 10.2. The molecular formula is C9H14O5. The van der Waals surface area contributed by atoms with E-state index in [4.69, 9.17) is 23.7 Å². The molecule has 1 fully saturated rings. The monoisotopic (exact) mass is 202 g/mol. The van der Waals surface area contributed by atoms with Crippen LogP contribution >= 0.6 is 0 Å². The van der Waals surface area contributed by atoms with Crippen molar-refractivity contribution in [1.29, 1.82) is 0 Å². The highest BCUT2D eigenvalue weighted by atomic mass is 16.8. The van der Waals surface area contributed by atoms with Crippen LogP contribution in [0, 0.1) is 0 Å². The summed E-state index contributed by atoms with van der Waals surface area (Å²) in [6.45, 7) is 1.12. The maximum absolute atomic E-state index is 5.53. The van der Waals surface area contributed by atoms with Crippen LogP contribution in [-0.2, 0) is 23.7 Å². The first kappa shape index (κ1) is 10.1. The van der Waals surface area contributed by atoms with Gasteiger partial charge in [-0.1, -0.05) is 0 Å². The van der Waals surface area contributed by atoms with Crippen LogP contribution in [0.25, 0.3) is 0 Å². The lowest BCUT2D eigenvalue weighted by Gasteiger charge is -2.30. The Hall–Kier alpha value is -0.460. The number of hydrogen-bond donors (Lipinski definition) is 0. The average molecular weight is 202 g/mol. The third-order valence-electron chi connectivity index (χ3n) is 2.29. The molecule has 2 aliphatic heterocycles. The van der Waals surface area contributed by atoms with Gasteiger partial charge in [0.2, 0.25) is 12.1 Å². The zero-order valence-electron chi connectivity index (χ0n) is 8.26. The molecule has 0 aromatic heterocycles. The predicted octanol–water partition coefficient (Wildman–Crippen LogP) is 0.261. The van der Waals surface area contributed by atoms with Crippen molar-refractivity contribution in [2.75, 3.05) is 27.4 Å². The molecule has 0 spiro atoms. The summed E-state index contributed by atoms with van der Waals surface area (Å²) in [5.41, 5.74) is 0. The highest BCUT2D eigenvalue weighted by molar-refractivity contribution is 5.07. The van der Waals surface area contributed by atoms with Crippen molar-refractivity contribution < 1.29 is 23.7 Å². The molecule has 0 aromatic carbocycles. The van der Waals surface area contributed by atoms with Gasteiger partial charge in [0.15, 0.2) is 6.29 Å². The summed E-state index contributed by atoms with van der Waals surface area (Å²) >= 11 is 0. The molecule has 5 heteroatoms. The molecule has 0 saturated carbocycles. The molecule has 2 heterocycles. The summed E-state index contributed by atoms with van der Waals surface area (Å²) < 4.78 is 26.5. The van der Waals surface area contributed by atoms with Crippen LogP contribution in [-0.4, -0.2) is 45.8 Å². The van der Waals surface area contributed by atoms with E-state index in [0.717, 1.165) is 0 Å². The van der Waals surface area contributed by atoms with Gasteiger partial charge in [0.25, 0.3) is 0 Å². The number of hydrogen-bond acceptors (Lipinski definition) is 5. The Morgan fingerprint density at radius 3 is 2.50 bits per heavy atom. The Labute approximate surface area is 82.5 Å². The highest BCUT2D eigenvalue weighted by Crippen LogP contribution is 2.32. The van der Waals surface area contributed by atoms with E-state index >= 15 is 0 Å². The van der Waals surface area contributed by atoms with Gasteiger partial charge in [0, 0.05) is 14.2 Å². The molecule has 2 unspecified atom stereocenters. The van der Waals surface area contributed by atoms with Gasteiger partial charge in [0.1, 0.15) is 0 Å². The molecule has 0 radical (unpaired) electrons. The molecule has 2 rings (SSSR count). The number of methoxy groups -OCH3 is 2. The van der Waals surface area contributed by atoms with E-state index in [2.05, 4.69) is 0 Å². The molecule has 80 valence electrons. The van der Waals surface area contributed by atoms with Crippen molar-refractivity contribution in [3.05, 3.63) is 12.2 Å². The number of ether oxygens (including phenoxy) is 5. The highest BCUT2D eigenvalue weighted by Gasteiger charge is 2.47. The van der Waals surface area contributed by atoms with Crippen LogP contribution < -0.4 is 0 Å². The van der Waals surface area contributed by atoms with E-state index in [9.17, 15) is 0 Å². The Morgan fingerprint density at radius 1 is 1.29 bits per heavy atom. The zero-order chi connectivity index (χ0) is 10.0. The predicted molar refractivity (Wildman–Crippen MR) is 46.5 cm³/mol. The SMILES string of the molecule is COC1C=CC(OC)(C2OCCO2)O1. The van der Waals surface area contributed by atoms with Gasteiger partial charge in [0.05, 0.1) is 13.2 Å². The minimum absolute atomic E-state index is 0.400. The van der Waals surface area contributed by atoms with Crippen LogP contribution in [0.15, 0.2) is 12.2 Å². The molecule has 0 amide bonds. The molecule has 5 nitrogen and oxygen atoms in total. The van der Waals surface area contributed by atoms with E-state index in [-0.39, 0.29) is 0 Å². The summed E-state index contributed by atoms with van der Waals surface area (Å²) in [5, 5.41) is 0. The summed E-state index contributed by atoms with van der Waals surface area (Å²) in [6, 6.07) is 0. The first-order chi connectivity index (χ1) is 6.80. The maximum Gasteiger partial charge on any atom is 0.243 e. The minimum atomic E-state index is -0.961. The first-order valence-corrected chi connectivity index (χ1v) is 4.49. The van der Waals surface area contributed by atoms with Crippen LogP contribution in [0.1, 0.15) is 0 Å². The summed E-state index contributed by atoms with van der Waals surface area (Å²) in [7, 11) is 3.12. The van der Waals surface area contributed by atoms with Gasteiger partial charge in [-0.25, -0.2) is 0 Å². The normalized spacial score (nSPS) is 38.3. The van der Waals surface area contributed by atoms with Crippen molar-refractivity contribution >= 4 is 0 Å². The van der Waals surface area contributed by atoms with E-state index < -0.39 is 18.4 Å².